The molecule has 2 fully saturated rings. The zero-order valence-electron chi connectivity index (χ0n) is 23.3. The van der Waals surface area contributed by atoms with Gasteiger partial charge in [0, 0.05) is 53.7 Å². The lowest BCUT2D eigenvalue weighted by molar-refractivity contribution is 0.246. The van der Waals surface area contributed by atoms with E-state index in [1.54, 1.807) is 4.57 Å². The minimum Gasteiger partial charge on any atom is -0.379 e. The van der Waals surface area contributed by atoms with E-state index in [1.165, 1.54) is 23.7 Å². The quantitative estimate of drug-likeness (QED) is 0.161. The molecule has 0 amide bonds. The van der Waals surface area contributed by atoms with Crippen molar-refractivity contribution < 1.29 is 0 Å². The number of fused-ring (bicyclic) bond motifs is 1. The monoisotopic (exact) mass is 565 g/mol. The molecule has 2 saturated heterocycles. The van der Waals surface area contributed by atoms with Crippen LogP contribution in [0.15, 0.2) is 41.3 Å². The second kappa shape index (κ2) is 12.9. The van der Waals surface area contributed by atoms with Gasteiger partial charge in [-0.1, -0.05) is 30.3 Å². The van der Waals surface area contributed by atoms with Gasteiger partial charge in [-0.25, -0.2) is 4.79 Å². The molecule has 2 aromatic heterocycles. The maximum absolute atomic E-state index is 13.0. The largest absolute Gasteiger partial charge is 0.379 e. The molecule has 5 rings (SSSR count). The van der Waals surface area contributed by atoms with Gasteiger partial charge in [0.2, 0.25) is 0 Å². The van der Waals surface area contributed by atoms with Gasteiger partial charge in [-0.3, -0.25) is 14.9 Å². The third kappa shape index (κ3) is 6.95. The Balaban J connectivity index is 1.29. The average Bonchev–Trinajstić information content (AvgIpc) is 3.50. The number of rotatable bonds is 10. The number of nitrogens with zero attached hydrogens (tertiary/aromatic N) is 3. The zero-order chi connectivity index (χ0) is 28.2. The van der Waals surface area contributed by atoms with Gasteiger partial charge >= 0.3 is 5.69 Å². The first-order chi connectivity index (χ1) is 19.3. The maximum atomic E-state index is 13.0. The van der Waals surface area contributed by atoms with Crippen LogP contribution in [0.2, 0.25) is 0 Å². The summed E-state index contributed by atoms with van der Waals surface area (Å²) in [5, 5.41) is 12.3. The summed E-state index contributed by atoms with van der Waals surface area (Å²) in [6.45, 7) is 3.86. The van der Waals surface area contributed by atoms with E-state index >= 15 is 0 Å². The summed E-state index contributed by atoms with van der Waals surface area (Å²) in [5.74, 6) is 0.858. The predicted octanol–water partition coefficient (Wildman–Crippen LogP) is 3.12. The summed E-state index contributed by atoms with van der Waals surface area (Å²) in [5.41, 5.74) is 21.2. The number of hydrogen-bond donors (Lipinski definition) is 6. The van der Waals surface area contributed by atoms with Crippen molar-refractivity contribution in [2.75, 3.05) is 18.8 Å². The van der Waals surface area contributed by atoms with Crippen LogP contribution in [0, 0.1) is 5.41 Å². The second-order valence-corrected chi connectivity index (χ2v) is 12.6. The van der Waals surface area contributed by atoms with Crippen LogP contribution in [0.5, 0.6) is 0 Å². The van der Waals surface area contributed by atoms with Crippen LogP contribution in [0.25, 0.3) is 16.7 Å². The van der Waals surface area contributed by atoms with E-state index < -0.39 is 0 Å². The van der Waals surface area contributed by atoms with Crippen LogP contribution in [0.1, 0.15) is 75.2 Å². The molecule has 5 atom stereocenters. The Morgan fingerprint density at radius 3 is 2.83 bits per heavy atom. The first-order valence-electron chi connectivity index (χ1n) is 14.5. The van der Waals surface area contributed by atoms with Gasteiger partial charge in [0.05, 0.1) is 11.7 Å². The van der Waals surface area contributed by atoms with Crippen molar-refractivity contribution in [3.63, 3.8) is 0 Å². The number of likely N-dealkylation sites (tertiary alicyclic amines) is 1. The summed E-state index contributed by atoms with van der Waals surface area (Å²) in [6.07, 6.45) is 9.18. The van der Waals surface area contributed by atoms with Gasteiger partial charge in [-0.05, 0) is 75.8 Å². The highest BCUT2D eigenvalue weighted by atomic mass is 32.2. The Morgan fingerprint density at radius 2 is 2.08 bits per heavy atom. The number of aromatic nitrogens is 3. The number of thioether (sulfide) groups is 1. The first kappa shape index (κ1) is 28.8. The van der Waals surface area contributed by atoms with Gasteiger partial charge in [0.25, 0.3) is 0 Å². The molecule has 0 spiro atoms. The molecule has 0 radical (unpaired) electrons. The van der Waals surface area contributed by atoms with Crippen LogP contribution in [0.3, 0.4) is 0 Å². The molecule has 40 heavy (non-hydrogen) atoms. The maximum Gasteiger partial charge on any atom is 0.354 e. The van der Waals surface area contributed by atoms with Gasteiger partial charge in [-0.2, -0.15) is 4.98 Å². The summed E-state index contributed by atoms with van der Waals surface area (Å²) in [7, 11) is 0. The number of nitrogens with one attached hydrogen (secondary N) is 3. The van der Waals surface area contributed by atoms with Crippen LogP contribution in [-0.2, 0) is 0 Å². The van der Waals surface area contributed by atoms with E-state index in [0.29, 0.717) is 11.7 Å². The Hall–Kier alpha value is -2.70. The normalized spacial score (nSPS) is 24.5. The van der Waals surface area contributed by atoms with Crippen molar-refractivity contribution >= 4 is 28.0 Å². The minimum atomic E-state index is -0.301. The van der Waals surface area contributed by atoms with Crippen molar-refractivity contribution in [1.29, 1.82) is 5.41 Å². The Morgan fingerprint density at radius 1 is 1.27 bits per heavy atom. The van der Waals surface area contributed by atoms with Crippen molar-refractivity contribution in [3.8, 4) is 5.69 Å². The topological polar surface area (TPSA) is 168 Å². The second-order valence-electron chi connectivity index (χ2n) is 11.5. The molecule has 1 unspecified atom stereocenters. The number of aromatic amines is 1. The van der Waals surface area contributed by atoms with Gasteiger partial charge in [-0.15, -0.1) is 0 Å². The van der Waals surface area contributed by atoms with Crippen molar-refractivity contribution in [2.24, 2.45) is 17.2 Å². The third-order valence-corrected chi connectivity index (χ3v) is 8.96. The molecule has 2 aliphatic heterocycles. The van der Waals surface area contributed by atoms with E-state index in [2.05, 4.69) is 38.4 Å². The number of nitrogens with two attached hydrogens (primary N) is 3. The SMILES string of the molecule is C[C@@H](N)CCCN1C[C@H](N)CC1c1cc2cn(-c3ccc([C@@H]4CCC[C@@H](CCSC(=N)N)N4)cc3)c(=O)nc2[nH]1. The highest BCUT2D eigenvalue weighted by Gasteiger charge is 2.32. The average molecular weight is 566 g/mol. The molecular weight excluding hydrogens is 522 g/mol. The molecule has 4 heterocycles. The molecule has 3 aromatic rings. The summed E-state index contributed by atoms with van der Waals surface area (Å²) in [4.78, 5) is 23.2. The minimum absolute atomic E-state index is 0.131. The fourth-order valence-corrected chi connectivity index (χ4v) is 6.82. The molecule has 216 valence electrons. The zero-order valence-corrected chi connectivity index (χ0v) is 24.1. The van der Waals surface area contributed by atoms with E-state index in [-0.39, 0.29) is 35.0 Å². The Labute approximate surface area is 240 Å². The predicted molar refractivity (Wildman–Crippen MR) is 164 cm³/mol. The summed E-state index contributed by atoms with van der Waals surface area (Å²) in [6, 6.07) is 11.6. The van der Waals surface area contributed by atoms with E-state index in [9.17, 15) is 4.79 Å². The Kier molecular flexibility index (Phi) is 9.27. The summed E-state index contributed by atoms with van der Waals surface area (Å²) >= 11 is 1.40. The number of piperidine rings is 1. The first-order valence-corrected chi connectivity index (χ1v) is 15.5. The number of amidine groups is 1. The van der Waals surface area contributed by atoms with Gasteiger partial charge in [0.1, 0.15) is 5.65 Å². The highest BCUT2D eigenvalue weighted by molar-refractivity contribution is 8.13. The highest BCUT2D eigenvalue weighted by Crippen LogP contribution is 2.33. The van der Waals surface area contributed by atoms with Crippen LogP contribution < -0.4 is 28.2 Å². The molecule has 11 heteroatoms. The molecule has 0 bridgehead atoms. The lowest BCUT2D eigenvalue weighted by Gasteiger charge is -2.31. The lowest BCUT2D eigenvalue weighted by atomic mass is 9.92. The fraction of sp³-hybridized carbons (Fsp3) is 0.552. The lowest BCUT2D eigenvalue weighted by Crippen LogP contribution is -2.37. The van der Waals surface area contributed by atoms with Crippen molar-refractivity contribution in [2.45, 2.75) is 82.1 Å². The molecular formula is C29H43N9OS. The van der Waals surface area contributed by atoms with Crippen molar-refractivity contribution in [3.05, 3.63) is 58.3 Å². The van der Waals surface area contributed by atoms with Crippen LogP contribution >= 0.6 is 11.8 Å². The molecule has 10 nitrogen and oxygen atoms in total. The third-order valence-electron chi connectivity index (χ3n) is 8.21. The van der Waals surface area contributed by atoms with Gasteiger partial charge in [0.15, 0.2) is 5.17 Å². The smallest absolute Gasteiger partial charge is 0.354 e. The number of benzene rings is 1. The van der Waals surface area contributed by atoms with Crippen LogP contribution in [0.4, 0.5) is 0 Å². The van der Waals surface area contributed by atoms with Crippen molar-refractivity contribution in [1.82, 2.24) is 24.8 Å². The van der Waals surface area contributed by atoms with E-state index in [4.69, 9.17) is 22.6 Å². The summed E-state index contributed by atoms with van der Waals surface area (Å²) < 4.78 is 1.63. The molecule has 0 aliphatic carbocycles. The van der Waals surface area contributed by atoms with Crippen LogP contribution in [-0.4, -0.2) is 61.6 Å². The standard InChI is InChI=1S/C29H43N9OS/c1-18(30)4-3-12-37-17-21(31)15-26(37)25-14-20-16-38(29(39)36-27(20)35-25)23-9-7-19(8-10-23)24-6-2-5-22(34-24)11-13-40-28(32)33/h7-10,14,16,18,21-22,24,26,34H,2-6,11-13,15,17,30-31H2,1H3,(H3,32,33)(H,35,36,39)/t18-,21-,22+,24+,26?/m1/s1. The molecule has 1 aromatic carbocycles. The molecule has 9 N–H and O–H groups in total. The Bertz CT molecular complexity index is 1350. The fourth-order valence-electron chi connectivity index (χ4n) is 6.19. The number of hydrogen-bond acceptors (Lipinski definition) is 8. The molecule has 0 saturated carbocycles. The van der Waals surface area contributed by atoms with E-state index in [0.717, 1.165) is 74.1 Å². The number of H-pyrrole nitrogens is 1. The molecule has 2 aliphatic rings. The van der Waals surface area contributed by atoms with Gasteiger partial charge < -0.3 is 27.5 Å². The van der Waals surface area contributed by atoms with E-state index in [1.807, 2.05) is 25.3 Å².